The molecule has 20 heavy (non-hydrogen) atoms. The van der Waals surface area contributed by atoms with Crippen molar-refractivity contribution in [1.29, 1.82) is 0 Å². The van der Waals surface area contributed by atoms with E-state index >= 15 is 0 Å². The average molecular weight is 292 g/mol. The number of hydrazine groups is 1. The maximum Gasteiger partial charge on any atom is 0.391 e. The Hall–Kier alpha value is -0.290. The molecule has 0 saturated heterocycles. The molecule has 5 heteroatoms. The Morgan fingerprint density at radius 3 is 2.15 bits per heavy atom. The summed E-state index contributed by atoms with van der Waals surface area (Å²) in [6, 6.07) is 0.0582. The fourth-order valence-corrected chi connectivity index (χ4v) is 4.32. The van der Waals surface area contributed by atoms with Crippen LogP contribution in [0.3, 0.4) is 0 Å². The lowest BCUT2D eigenvalue weighted by Crippen LogP contribution is -2.49. The molecule has 0 aliphatic heterocycles. The highest BCUT2D eigenvalue weighted by molar-refractivity contribution is 4.89. The van der Waals surface area contributed by atoms with E-state index in [-0.39, 0.29) is 18.4 Å². The normalized spacial score (nSPS) is 37.6. The minimum atomic E-state index is -4.04. The van der Waals surface area contributed by atoms with Crippen molar-refractivity contribution in [1.82, 2.24) is 5.43 Å². The minimum Gasteiger partial charge on any atom is -0.271 e. The first-order chi connectivity index (χ1) is 9.41. The summed E-state index contributed by atoms with van der Waals surface area (Å²) in [5.74, 6) is 5.77. The Morgan fingerprint density at radius 2 is 1.60 bits per heavy atom. The van der Waals surface area contributed by atoms with Crippen molar-refractivity contribution in [3.63, 3.8) is 0 Å². The second-order valence-electron chi connectivity index (χ2n) is 6.89. The van der Waals surface area contributed by atoms with Crippen molar-refractivity contribution in [3.05, 3.63) is 0 Å². The topological polar surface area (TPSA) is 38.0 Å². The summed E-state index contributed by atoms with van der Waals surface area (Å²) in [6.07, 6.45) is 2.68. The van der Waals surface area contributed by atoms with Gasteiger partial charge in [-0.25, -0.2) is 0 Å². The van der Waals surface area contributed by atoms with Gasteiger partial charge in [0.15, 0.2) is 0 Å². The van der Waals surface area contributed by atoms with Gasteiger partial charge in [-0.05, 0) is 49.9 Å². The fourth-order valence-electron chi connectivity index (χ4n) is 4.32. The number of nitrogens with two attached hydrogens (primary N) is 1. The van der Waals surface area contributed by atoms with E-state index in [0.29, 0.717) is 24.7 Å². The predicted molar refractivity (Wildman–Crippen MR) is 73.7 cm³/mol. The number of rotatable bonds is 3. The van der Waals surface area contributed by atoms with Crippen molar-refractivity contribution in [3.8, 4) is 0 Å². The molecule has 3 N–H and O–H groups in total. The van der Waals surface area contributed by atoms with Crippen LogP contribution in [-0.4, -0.2) is 12.2 Å². The second-order valence-corrected chi connectivity index (χ2v) is 6.89. The monoisotopic (exact) mass is 292 g/mol. The van der Waals surface area contributed by atoms with Crippen LogP contribution in [0.25, 0.3) is 0 Å². The Balaban J connectivity index is 1.99. The van der Waals surface area contributed by atoms with E-state index in [1.54, 1.807) is 0 Å². The summed E-state index contributed by atoms with van der Waals surface area (Å²) in [6.45, 7) is 2.24. The summed E-state index contributed by atoms with van der Waals surface area (Å²) < 4.78 is 38.8. The Bertz CT molecular complexity index is 306. The molecular weight excluding hydrogens is 265 g/mol. The van der Waals surface area contributed by atoms with Gasteiger partial charge in [0.2, 0.25) is 0 Å². The van der Waals surface area contributed by atoms with E-state index in [1.165, 1.54) is 12.8 Å². The Labute approximate surface area is 119 Å². The van der Waals surface area contributed by atoms with Gasteiger partial charge in [-0.1, -0.05) is 26.2 Å². The van der Waals surface area contributed by atoms with Gasteiger partial charge in [0.05, 0.1) is 5.92 Å². The molecule has 5 unspecified atom stereocenters. The highest BCUT2D eigenvalue weighted by atomic mass is 19.4. The number of nitrogens with one attached hydrogen (secondary N) is 1. The van der Waals surface area contributed by atoms with E-state index < -0.39 is 12.1 Å². The summed E-state index contributed by atoms with van der Waals surface area (Å²) in [7, 11) is 0. The molecule has 0 aromatic carbocycles. The minimum absolute atomic E-state index is 0.0582. The molecule has 5 atom stereocenters. The van der Waals surface area contributed by atoms with Crippen LogP contribution < -0.4 is 11.3 Å². The van der Waals surface area contributed by atoms with E-state index in [9.17, 15) is 13.2 Å². The maximum absolute atomic E-state index is 12.9. The van der Waals surface area contributed by atoms with Crippen LogP contribution >= 0.6 is 0 Å². The summed E-state index contributed by atoms with van der Waals surface area (Å²) >= 11 is 0. The number of alkyl halides is 3. The van der Waals surface area contributed by atoms with Crippen molar-refractivity contribution in [2.45, 2.75) is 70.5 Å². The molecule has 0 aromatic heterocycles. The Kier molecular flexibility index (Phi) is 5.35. The quantitative estimate of drug-likeness (QED) is 0.609. The number of halogens is 3. The highest BCUT2D eigenvalue weighted by Crippen LogP contribution is 2.43. The van der Waals surface area contributed by atoms with Gasteiger partial charge in [0, 0.05) is 6.04 Å². The lowest BCUT2D eigenvalue weighted by Gasteiger charge is -2.41. The molecule has 2 saturated carbocycles. The third-order valence-electron chi connectivity index (χ3n) is 5.36. The van der Waals surface area contributed by atoms with Crippen molar-refractivity contribution in [2.24, 2.45) is 29.5 Å². The molecule has 0 radical (unpaired) electrons. The van der Waals surface area contributed by atoms with E-state index in [0.717, 1.165) is 19.3 Å². The van der Waals surface area contributed by atoms with Gasteiger partial charge in [-0.2, -0.15) is 13.2 Å². The molecule has 0 amide bonds. The SMILES string of the molecule is CC1CCCC(C(NN)C2CCCC(C(F)(F)F)C2)C1. The summed E-state index contributed by atoms with van der Waals surface area (Å²) in [5.41, 5.74) is 2.87. The number of hydrogen-bond donors (Lipinski definition) is 2. The van der Waals surface area contributed by atoms with Gasteiger partial charge >= 0.3 is 6.18 Å². The lowest BCUT2D eigenvalue weighted by molar-refractivity contribution is -0.187. The molecule has 0 spiro atoms. The molecule has 118 valence electrons. The first-order valence-corrected chi connectivity index (χ1v) is 7.94. The zero-order valence-corrected chi connectivity index (χ0v) is 12.3. The third kappa shape index (κ3) is 3.88. The third-order valence-corrected chi connectivity index (χ3v) is 5.36. The molecule has 2 rings (SSSR count). The molecule has 2 aliphatic rings. The standard InChI is InChI=1S/C15H27F3N2/c1-10-4-2-5-11(8-10)14(20-19)12-6-3-7-13(9-12)15(16,17)18/h10-14,20H,2-9,19H2,1H3. The molecular formula is C15H27F3N2. The van der Waals surface area contributed by atoms with Gasteiger partial charge in [0.25, 0.3) is 0 Å². The van der Waals surface area contributed by atoms with Gasteiger partial charge < -0.3 is 0 Å². The van der Waals surface area contributed by atoms with E-state index in [1.807, 2.05) is 0 Å². The van der Waals surface area contributed by atoms with Crippen molar-refractivity contribution < 1.29 is 13.2 Å². The molecule has 2 fully saturated rings. The van der Waals surface area contributed by atoms with Gasteiger partial charge in [-0.15, -0.1) is 0 Å². The highest BCUT2D eigenvalue weighted by Gasteiger charge is 2.44. The molecule has 2 nitrogen and oxygen atoms in total. The first-order valence-electron chi connectivity index (χ1n) is 7.94. The van der Waals surface area contributed by atoms with Crippen LogP contribution in [0.5, 0.6) is 0 Å². The van der Waals surface area contributed by atoms with Gasteiger partial charge in [-0.3, -0.25) is 11.3 Å². The Morgan fingerprint density at radius 1 is 1.00 bits per heavy atom. The van der Waals surface area contributed by atoms with Gasteiger partial charge in [0.1, 0.15) is 0 Å². The maximum atomic E-state index is 12.9. The summed E-state index contributed by atoms with van der Waals surface area (Å²) in [4.78, 5) is 0. The molecule has 0 heterocycles. The molecule has 0 aromatic rings. The largest absolute Gasteiger partial charge is 0.391 e. The zero-order chi connectivity index (χ0) is 14.8. The van der Waals surface area contributed by atoms with E-state index in [4.69, 9.17) is 5.84 Å². The first kappa shape index (κ1) is 16.1. The second kappa shape index (κ2) is 6.65. The lowest BCUT2D eigenvalue weighted by atomic mass is 9.69. The number of hydrogen-bond acceptors (Lipinski definition) is 2. The van der Waals surface area contributed by atoms with E-state index in [2.05, 4.69) is 12.3 Å². The van der Waals surface area contributed by atoms with Crippen LogP contribution in [-0.2, 0) is 0 Å². The molecule has 2 aliphatic carbocycles. The van der Waals surface area contributed by atoms with Crippen LogP contribution in [0.2, 0.25) is 0 Å². The van der Waals surface area contributed by atoms with Crippen LogP contribution in [0.15, 0.2) is 0 Å². The summed E-state index contributed by atoms with van der Waals surface area (Å²) in [5, 5.41) is 0. The predicted octanol–water partition coefficient (Wildman–Crippen LogP) is 4.01. The average Bonchev–Trinajstić information content (AvgIpc) is 2.39. The fraction of sp³-hybridized carbons (Fsp3) is 1.00. The van der Waals surface area contributed by atoms with Crippen molar-refractivity contribution >= 4 is 0 Å². The van der Waals surface area contributed by atoms with Crippen molar-refractivity contribution in [2.75, 3.05) is 0 Å². The van der Waals surface area contributed by atoms with Crippen LogP contribution in [0.4, 0.5) is 13.2 Å². The van der Waals surface area contributed by atoms with Crippen LogP contribution in [0, 0.1) is 23.7 Å². The molecule has 0 bridgehead atoms. The zero-order valence-electron chi connectivity index (χ0n) is 12.3. The van der Waals surface area contributed by atoms with Crippen LogP contribution in [0.1, 0.15) is 58.3 Å². The smallest absolute Gasteiger partial charge is 0.271 e.